The number of anilines is 1. The second kappa shape index (κ2) is 4.93. The molecule has 1 N–H and O–H groups in total. The molecule has 1 aromatic heterocycles. The van der Waals surface area contributed by atoms with Gasteiger partial charge in [-0.15, -0.1) is 0 Å². The maximum absolute atomic E-state index is 5.54. The summed E-state index contributed by atoms with van der Waals surface area (Å²) in [7, 11) is 0. The third kappa shape index (κ3) is 1.99. The molecule has 0 saturated heterocycles. The van der Waals surface area contributed by atoms with E-state index in [0.717, 1.165) is 30.8 Å². The van der Waals surface area contributed by atoms with E-state index >= 15 is 0 Å². The number of hydrogen-bond donors (Lipinski definition) is 1. The highest BCUT2D eigenvalue weighted by Gasteiger charge is 2.24. The molecule has 0 unspecified atom stereocenters. The van der Waals surface area contributed by atoms with E-state index in [0.29, 0.717) is 11.8 Å². The van der Waals surface area contributed by atoms with Crippen LogP contribution < -0.4 is 5.32 Å². The summed E-state index contributed by atoms with van der Waals surface area (Å²) in [6.07, 6.45) is 7.23. The quantitative estimate of drug-likeness (QED) is 0.902. The number of hydrogen-bond acceptors (Lipinski definition) is 4. The van der Waals surface area contributed by atoms with Crippen LogP contribution in [0.4, 0.5) is 5.69 Å². The first-order valence-corrected chi connectivity index (χ1v) is 7.61. The molecular formula is C16H19N3O. The first kappa shape index (κ1) is 11.9. The standard InChI is InChI=1S/C16H19N3O/c1-2-6-11(5-1)15-18-16(20-19-15)13-7-3-9-14-12(13)8-4-10-17-14/h3,7,9,11,17H,1-2,4-6,8,10H2. The largest absolute Gasteiger partial charge is 0.385 e. The molecule has 2 aromatic rings. The normalized spacial score (nSPS) is 18.8. The lowest BCUT2D eigenvalue weighted by Gasteiger charge is -2.19. The summed E-state index contributed by atoms with van der Waals surface area (Å²) in [4.78, 5) is 4.67. The van der Waals surface area contributed by atoms with Crippen molar-refractivity contribution < 1.29 is 4.52 Å². The molecule has 1 aliphatic carbocycles. The van der Waals surface area contributed by atoms with Gasteiger partial charge in [-0.05, 0) is 43.4 Å². The van der Waals surface area contributed by atoms with E-state index in [2.05, 4.69) is 33.7 Å². The number of nitrogens with one attached hydrogen (secondary N) is 1. The Balaban J connectivity index is 1.70. The molecular weight excluding hydrogens is 250 g/mol. The fraction of sp³-hybridized carbons (Fsp3) is 0.500. The Labute approximate surface area is 118 Å². The molecule has 2 heterocycles. The molecule has 104 valence electrons. The number of nitrogens with zero attached hydrogens (tertiary/aromatic N) is 2. The fourth-order valence-corrected chi connectivity index (χ4v) is 3.40. The van der Waals surface area contributed by atoms with Crippen molar-refractivity contribution in [1.82, 2.24) is 10.1 Å². The summed E-state index contributed by atoms with van der Waals surface area (Å²) in [5, 5.41) is 7.66. The van der Waals surface area contributed by atoms with Gasteiger partial charge in [-0.3, -0.25) is 0 Å². The highest BCUT2D eigenvalue weighted by atomic mass is 16.5. The van der Waals surface area contributed by atoms with Crippen molar-refractivity contribution in [3.63, 3.8) is 0 Å². The van der Waals surface area contributed by atoms with Crippen LogP contribution in [-0.4, -0.2) is 16.7 Å². The van der Waals surface area contributed by atoms with Crippen molar-refractivity contribution in [1.29, 1.82) is 0 Å². The van der Waals surface area contributed by atoms with Gasteiger partial charge in [0, 0.05) is 23.7 Å². The van der Waals surface area contributed by atoms with E-state index in [1.165, 1.54) is 36.9 Å². The van der Waals surface area contributed by atoms with Gasteiger partial charge < -0.3 is 9.84 Å². The number of aromatic nitrogens is 2. The lowest BCUT2D eigenvalue weighted by atomic mass is 9.97. The molecule has 0 atom stereocenters. The third-order valence-electron chi connectivity index (χ3n) is 4.49. The summed E-state index contributed by atoms with van der Waals surface area (Å²) in [6.45, 7) is 1.05. The van der Waals surface area contributed by atoms with E-state index in [4.69, 9.17) is 4.52 Å². The molecule has 1 fully saturated rings. The zero-order valence-corrected chi connectivity index (χ0v) is 11.6. The summed E-state index contributed by atoms with van der Waals surface area (Å²) in [5.74, 6) is 2.09. The average Bonchev–Trinajstić information content (AvgIpc) is 3.17. The van der Waals surface area contributed by atoms with Crippen LogP contribution in [0, 0.1) is 0 Å². The van der Waals surface area contributed by atoms with E-state index < -0.39 is 0 Å². The number of benzene rings is 1. The number of rotatable bonds is 2. The molecule has 0 radical (unpaired) electrons. The smallest absolute Gasteiger partial charge is 0.258 e. The van der Waals surface area contributed by atoms with Crippen LogP contribution in [-0.2, 0) is 6.42 Å². The van der Waals surface area contributed by atoms with Crippen molar-refractivity contribution in [3.05, 3.63) is 29.6 Å². The lowest BCUT2D eigenvalue weighted by molar-refractivity contribution is 0.415. The van der Waals surface area contributed by atoms with E-state index in [-0.39, 0.29) is 0 Å². The Morgan fingerprint density at radius 1 is 1.15 bits per heavy atom. The van der Waals surface area contributed by atoms with Gasteiger partial charge in [-0.1, -0.05) is 24.1 Å². The van der Waals surface area contributed by atoms with Gasteiger partial charge >= 0.3 is 0 Å². The molecule has 1 aromatic carbocycles. The second-order valence-electron chi connectivity index (χ2n) is 5.80. The average molecular weight is 269 g/mol. The first-order valence-electron chi connectivity index (χ1n) is 7.61. The van der Waals surface area contributed by atoms with Crippen LogP contribution in [0.15, 0.2) is 22.7 Å². The van der Waals surface area contributed by atoms with Crippen LogP contribution in [0.25, 0.3) is 11.5 Å². The molecule has 20 heavy (non-hydrogen) atoms. The molecule has 4 rings (SSSR count). The van der Waals surface area contributed by atoms with Crippen molar-refractivity contribution in [2.75, 3.05) is 11.9 Å². The molecule has 4 nitrogen and oxygen atoms in total. The van der Waals surface area contributed by atoms with Gasteiger partial charge in [0.15, 0.2) is 5.82 Å². The van der Waals surface area contributed by atoms with Gasteiger partial charge in [-0.25, -0.2) is 0 Å². The molecule has 1 saturated carbocycles. The minimum absolute atomic E-state index is 0.505. The Bertz CT molecular complexity index is 614. The summed E-state index contributed by atoms with van der Waals surface area (Å²) in [5.41, 5.74) is 3.64. The first-order chi connectivity index (χ1) is 9.92. The van der Waals surface area contributed by atoms with Crippen molar-refractivity contribution in [2.45, 2.75) is 44.4 Å². The molecule has 1 aliphatic heterocycles. The van der Waals surface area contributed by atoms with Crippen molar-refractivity contribution in [2.24, 2.45) is 0 Å². The predicted octanol–water partition coefficient (Wildman–Crippen LogP) is 3.75. The van der Waals surface area contributed by atoms with Crippen LogP contribution in [0.1, 0.15) is 49.4 Å². The maximum atomic E-state index is 5.54. The lowest BCUT2D eigenvalue weighted by Crippen LogP contribution is -2.12. The molecule has 0 bridgehead atoms. The van der Waals surface area contributed by atoms with E-state index in [1.807, 2.05) is 0 Å². The summed E-state index contributed by atoms with van der Waals surface area (Å²) >= 11 is 0. The molecule has 2 aliphatic rings. The molecule has 0 spiro atoms. The Kier molecular flexibility index (Phi) is 2.94. The van der Waals surface area contributed by atoms with Crippen molar-refractivity contribution >= 4 is 5.69 Å². The Morgan fingerprint density at radius 2 is 2.05 bits per heavy atom. The van der Waals surface area contributed by atoms with Crippen molar-refractivity contribution in [3.8, 4) is 11.5 Å². The predicted molar refractivity (Wildman–Crippen MR) is 77.8 cm³/mol. The van der Waals surface area contributed by atoms with Gasteiger partial charge in [0.25, 0.3) is 5.89 Å². The minimum atomic E-state index is 0.505. The number of fused-ring (bicyclic) bond motifs is 1. The second-order valence-corrected chi connectivity index (χ2v) is 5.80. The van der Waals surface area contributed by atoms with Crippen LogP contribution in [0.2, 0.25) is 0 Å². The minimum Gasteiger partial charge on any atom is -0.385 e. The van der Waals surface area contributed by atoms with Crippen LogP contribution in [0.5, 0.6) is 0 Å². The topological polar surface area (TPSA) is 51.0 Å². The van der Waals surface area contributed by atoms with E-state index in [9.17, 15) is 0 Å². The van der Waals surface area contributed by atoms with Gasteiger partial charge in [0.2, 0.25) is 0 Å². The van der Waals surface area contributed by atoms with Crippen LogP contribution >= 0.6 is 0 Å². The fourth-order valence-electron chi connectivity index (χ4n) is 3.40. The van der Waals surface area contributed by atoms with Gasteiger partial charge in [0.1, 0.15) is 0 Å². The third-order valence-corrected chi connectivity index (χ3v) is 4.49. The Hall–Kier alpha value is -1.84. The Morgan fingerprint density at radius 3 is 2.95 bits per heavy atom. The van der Waals surface area contributed by atoms with E-state index in [1.54, 1.807) is 0 Å². The summed E-state index contributed by atoms with van der Waals surface area (Å²) < 4.78 is 5.54. The van der Waals surface area contributed by atoms with Gasteiger partial charge in [0.05, 0.1) is 0 Å². The van der Waals surface area contributed by atoms with Gasteiger partial charge in [-0.2, -0.15) is 4.98 Å². The maximum Gasteiger partial charge on any atom is 0.258 e. The zero-order valence-electron chi connectivity index (χ0n) is 11.6. The SMILES string of the molecule is c1cc2c(c(-c3nc(C4CCCC4)no3)c1)CCCN2. The van der Waals surface area contributed by atoms with Crippen LogP contribution in [0.3, 0.4) is 0 Å². The molecule has 0 amide bonds. The molecule has 4 heteroatoms. The highest BCUT2D eigenvalue weighted by Crippen LogP contribution is 2.35. The summed E-state index contributed by atoms with van der Waals surface area (Å²) in [6, 6.07) is 6.29. The highest BCUT2D eigenvalue weighted by molar-refractivity contribution is 5.69. The zero-order chi connectivity index (χ0) is 13.4. The monoisotopic (exact) mass is 269 g/mol.